The lowest BCUT2D eigenvalue weighted by atomic mass is 9.52. The highest BCUT2D eigenvalue weighted by Crippen LogP contribution is 2.40. The van der Waals surface area contributed by atoms with E-state index < -0.39 is 8.24 Å². The smallest absolute Gasteiger partial charge is 0.283 e. The molecule has 0 aromatic carbocycles. The zero-order valence-corrected chi connectivity index (χ0v) is 13.5. The monoisotopic (exact) mass is 259 g/mol. The number of hydrogen-bond donors (Lipinski definition) is 0. The molecule has 0 radical (unpaired) electrons. The lowest BCUT2D eigenvalue weighted by Crippen LogP contribution is -2.59. The number of rotatable bonds is 4. The summed E-state index contributed by atoms with van der Waals surface area (Å²) in [6.45, 7) is 20.2. The molecule has 1 rings (SSSR count). The van der Waals surface area contributed by atoms with E-state index in [1.165, 1.54) is 5.47 Å². The van der Waals surface area contributed by atoms with Crippen LogP contribution in [0.25, 0.3) is 0 Å². The fourth-order valence-corrected chi connectivity index (χ4v) is 4.46. The Bertz CT molecular complexity index is 388. The van der Waals surface area contributed by atoms with Gasteiger partial charge in [-0.2, -0.15) is 0 Å². The summed E-state index contributed by atoms with van der Waals surface area (Å²) in [5.41, 5.74) is 1.31. The van der Waals surface area contributed by atoms with Gasteiger partial charge in [-0.3, -0.25) is 0 Å². The van der Waals surface area contributed by atoms with Gasteiger partial charge in [-0.05, 0) is 23.6 Å². The van der Waals surface area contributed by atoms with Crippen LogP contribution in [0, 0.1) is 0 Å². The second-order valence-corrected chi connectivity index (χ2v) is 11.6. The molecule has 0 aromatic rings. The molecule has 1 aliphatic heterocycles. The third-order valence-electron chi connectivity index (χ3n) is 4.36. The van der Waals surface area contributed by atoms with Crippen molar-refractivity contribution in [3.8, 4) is 0 Å². The third-order valence-corrected chi connectivity index (χ3v) is 9.78. The summed E-state index contributed by atoms with van der Waals surface area (Å²) in [6.07, 6.45) is 11.6. The Morgan fingerprint density at radius 1 is 1.33 bits per heavy atom. The molecular weight excluding hydrogens is 233 g/mol. The minimum atomic E-state index is -1.55. The van der Waals surface area contributed by atoms with E-state index in [4.69, 9.17) is 0 Å². The van der Waals surface area contributed by atoms with Gasteiger partial charge in [-0.15, -0.1) is 6.58 Å². The van der Waals surface area contributed by atoms with Gasteiger partial charge in [-0.25, -0.2) is 0 Å². The molecule has 18 heavy (non-hydrogen) atoms. The van der Waals surface area contributed by atoms with E-state index in [2.05, 4.69) is 69.9 Å². The number of allylic oxidation sites excluding steroid dienone is 5. The van der Waals surface area contributed by atoms with Crippen LogP contribution in [0.5, 0.6) is 0 Å². The molecular formula is C15H26BNSi. The number of hydrogen-bond acceptors (Lipinski definition) is 1. The summed E-state index contributed by atoms with van der Waals surface area (Å²) in [6, 6.07) is 0. The SMILES string of the molecule is C=CCB1C(C=C)=CC=CN1[Si](C)(C)C(C)(C)C. The van der Waals surface area contributed by atoms with E-state index in [-0.39, 0.29) is 0 Å². The van der Waals surface area contributed by atoms with Gasteiger partial charge in [0.15, 0.2) is 0 Å². The number of nitrogens with zero attached hydrogens (tertiary/aromatic N) is 1. The summed E-state index contributed by atoms with van der Waals surface area (Å²) in [5.74, 6) is 0. The predicted molar refractivity (Wildman–Crippen MR) is 87.2 cm³/mol. The molecule has 0 atom stereocenters. The molecule has 0 spiro atoms. The van der Waals surface area contributed by atoms with Crippen molar-refractivity contribution in [2.45, 2.75) is 45.2 Å². The standard InChI is InChI=1S/C15H26BNSi/c1-8-12-16-14(9-2)11-10-13-17(16)18(6,7)15(3,4)5/h8-11,13H,1-2,12H2,3-7H3. The Kier molecular flexibility index (Phi) is 4.49. The van der Waals surface area contributed by atoms with Crippen LogP contribution in [0.15, 0.2) is 49.1 Å². The minimum Gasteiger partial charge on any atom is -0.444 e. The van der Waals surface area contributed by atoms with Gasteiger partial charge in [-0.1, -0.05) is 64.1 Å². The Labute approximate surface area is 114 Å². The van der Waals surface area contributed by atoms with Crippen molar-refractivity contribution in [3.63, 3.8) is 0 Å². The highest BCUT2D eigenvalue weighted by atomic mass is 28.3. The lowest BCUT2D eigenvalue weighted by molar-refractivity contribution is 0.650. The van der Waals surface area contributed by atoms with E-state index in [1.54, 1.807) is 0 Å². The molecule has 3 heteroatoms. The van der Waals surface area contributed by atoms with Gasteiger partial charge >= 0.3 is 0 Å². The first-order valence-corrected chi connectivity index (χ1v) is 9.60. The fourth-order valence-electron chi connectivity index (χ4n) is 2.20. The van der Waals surface area contributed by atoms with Gasteiger partial charge in [0, 0.05) is 0 Å². The van der Waals surface area contributed by atoms with Crippen LogP contribution in [0.4, 0.5) is 0 Å². The molecule has 0 saturated heterocycles. The van der Waals surface area contributed by atoms with Crippen LogP contribution in [0.3, 0.4) is 0 Å². The maximum Gasteiger partial charge on any atom is 0.283 e. The van der Waals surface area contributed by atoms with Gasteiger partial charge in [0.25, 0.3) is 6.85 Å². The Morgan fingerprint density at radius 3 is 2.39 bits per heavy atom. The van der Waals surface area contributed by atoms with Crippen LogP contribution in [0.1, 0.15) is 20.8 Å². The van der Waals surface area contributed by atoms with Gasteiger partial charge in [0.1, 0.15) is 8.24 Å². The molecule has 1 heterocycles. The van der Waals surface area contributed by atoms with Crippen molar-refractivity contribution >= 4 is 15.1 Å². The van der Waals surface area contributed by atoms with Crippen molar-refractivity contribution in [1.82, 2.24) is 4.48 Å². The second kappa shape index (κ2) is 5.35. The molecule has 0 aromatic heterocycles. The molecule has 0 aliphatic carbocycles. The second-order valence-electron chi connectivity index (χ2n) is 6.47. The molecule has 0 unspecified atom stereocenters. The minimum absolute atomic E-state index is 0.334. The van der Waals surface area contributed by atoms with E-state index >= 15 is 0 Å². The predicted octanol–water partition coefficient (Wildman–Crippen LogP) is 4.65. The highest BCUT2D eigenvalue weighted by Gasteiger charge is 2.44. The fraction of sp³-hybridized carbons (Fsp3) is 0.467. The average molecular weight is 259 g/mol. The van der Waals surface area contributed by atoms with Crippen molar-refractivity contribution in [1.29, 1.82) is 0 Å². The van der Waals surface area contributed by atoms with Crippen LogP contribution >= 0.6 is 0 Å². The maximum atomic E-state index is 3.95. The lowest BCUT2D eigenvalue weighted by Gasteiger charge is -2.50. The van der Waals surface area contributed by atoms with Crippen molar-refractivity contribution in [2.24, 2.45) is 0 Å². The normalized spacial score (nSPS) is 16.6. The van der Waals surface area contributed by atoms with E-state index in [9.17, 15) is 0 Å². The van der Waals surface area contributed by atoms with Crippen LogP contribution < -0.4 is 0 Å². The van der Waals surface area contributed by atoms with E-state index in [1.807, 2.05) is 12.2 Å². The molecule has 1 nitrogen and oxygen atoms in total. The first-order valence-electron chi connectivity index (χ1n) is 6.66. The molecule has 0 N–H and O–H groups in total. The van der Waals surface area contributed by atoms with Crippen LogP contribution in [-0.2, 0) is 0 Å². The Morgan fingerprint density at radius 2 is 1.94 bits per heavy atom. The summed E-state index contributed by atoms with van der Waals surface area (Å²) in [4.78, 5) is 0. The topological polar surface area (TPSA) is 3.24 Å². The Hall–Kier alpha value is -0.958. The van der Waals surface area contributed by atoms with Crippen LogP contribution in [-0.4, -0.2) is 19.6 Å². The Balaban J connectivity index is 3.15. The van der Waals surface area contributed by atoms with Gasteiger partial charge in [0.05, 0.1) is 0 Å². The largest absolute Gasteiger partial charge is 0.444 e. The van der Waals surface area contributed by atoms with E-state index in [0.29, 0.717) is 11.9 Å². The molecule has 98 valence electrons. The molecule has 0 bridgehead atoms. The quantitative estimate of drug-likeness (QED) is 0.524. The summed E-state index contributed by atoms with van der Waals surface area (Å²) < 4.78 is 2.59. The zero-order valence-electron chi connectivity index (χ0n) is 12.5. The molecule has 0 saturated carbocycles. The van der Waals surface area contributed by atoms with Crippen molar-refractivity contribution in [2.75, 3.05) is 0 Å². The zero-order chi connectivity index (χ0) is 14.0. The summed E-state index contributed by atoms with van der Waals surface area (Å²) in [7, 11) is -1.55. The van der Waals surface area contributed by atoms with E-state index in [0.717, 1.165) is 6.32 Å². The highest BCUT2D eigenvalue weighted by molar-refractivity contribution is 6.88. The van der Waals surface area contributed by atoms with Crippen molar-refractivity contribution in [3.05, 3.63) is 49.1 Å². The summed E-state index contributed by atoms with van der Waals surface area (Å²) >= 11 is 0. The van der Waals surface area contributed by atoms with Crippen LogP contribution in [0.2, 0.25) is 24.5 Å². The van der Waals surface area contributed by atoms with Gasteiger partial charge in [0.2, 0.25) is 0 Å². The first-order chi connectivity index (χ1) is 8.25. The maximum absolute atomic E-state index is 3.95. The molecule has 1 aliphatic rings. The van der Waals surface area contributed by atoms with Gasteiger partial charge < -0.3 is 4.48 Å². The third kappa shape index (κ3) is 2.72. The summed E-state index contributed by atoms with van der Waals surface area (Å²) in [5, 5.41) is 0.334. The molecule has 0 amide bonds. The average Bonchev–Trinajstić information content (AvgIpc) is 2.28. The first kappa shape index (κ1) is 15.1. The molecule has 0 fully saturated rings. The van der Waals surface area contributed by atoms with Crippen molar-refractivity contribution < 1.29 is 0 Å².